The Balaban J connectivity index is 2.64. The highest BCUT2D eigenvalue weighted by atomic mass is 32.2. The lowest BCUT2D eigenvalue weighted by molar-refractivity contribution is 0.0697. The largest absolute Gasteiger partial charge is 0.478 e. The molecule has 0 spiro atoms. The van der Waals surface area contributed by atoms with Crippen LogP contribution >= 0.6 is 11.8 Å². The summed E-state index contributed by atoms with van der Waals surface area (Å²) in [6.45, 7) is -0.370. The summed E-state index contributed by atoms with van der Waals surface area (Å²) in [6.07, 6.45) is 0. The SMILES string of the molecule is O=C(O)c1ccc(SCCF)cc1. The minimum absolute atomic E-state index is 0.254. The van der Waals surface area contributed by atoms with Crippen LogP contribution in [0, 0.1) is 0 Å². The van der Waals surface area contributed by atoms with E-state index in [4.69, 9.17) is 5.11 Å². The number of thioether (sulfide) groups is 1. The number of carboxylic acid groups (broad SMARTS) is 1. The third-order valence-electron chi connectivity index (χ3n) is 1.45. The fraction of sp³-hybridized carbons (Fsp3) is 0.222. The molecule has 1 aromatic rings. The fourth-order valence-corrected chi connectivity index (χ4v) is 1.49. The molecule has 1 N–H and O–H groups in total. The van der Waals surface area contributed by atoms with Crippen LogP contribution in [0.2, 0.25) is 0 Å². The molecule has 0 saturated carbocycles. The first kappa shape index (κ1) is 10.1. The van der Waals surface area contributed by atoms with Gasteiger partial charge in [0.1, 0.15) is 0 Å². The standard InChI is InChI=1S/C9H9FO2S/c10-5-6-13-8-3-1-7(2-4-8)9(11)12/h1-4H,5-6H2,(H,11,12). The lowest BCUT2D eigenvalue weighted by Crippen LogP contribution is -1.94. The zero-order chi connectivity index (χ0) is 9.68. The number of halogens is 1. The Bertz CT molecular complexity index is 284. The molecule has 1 aromatic carbocycles. The molecule has 2 nitrogen and oxygen atoms in total. The van der Waals surface area contributed by atoms with Crippen LogP contribution in [0.1, 0.15) is 10.4 Å². The van der Waals surface area contributed by atoms with Crippen molar-refractivity contribution in [3.05, 3.63) is 29.8 Å². The van der Waals surface area contributed by atoms with Gasteiger partial charge in [-0.2, -0.15) is 0 Å². The number of hydrogen-bond donors (Lipinski definition) is 1. The summed E-state index contributed by atoms with van der Waals surface area (Å²) in [5.74, 6) is -0.533. The Kier molecular flexibility index (Phi) is 3.76. The first-order chi connectivity index (χ1) is 6.24. The quantitative estimate of drug-likeness (QED) is 0.758. The van der Waals surface area contributed by atoms with Crippen LogP contribution < -0.4 is 0 Å². The van der Waals surface area contributed by atoms with E-state index in [1.165, 1.54) is 23.9 Å². The first-order valence-corrected chi connectivity index (χ1v) is 4.74. The predicted octanol–water partition coefficient (Wildman–Crippen LogP) is 2.45. The lowest BCUT2D eigenvalue weighted by atomic mass is 10.2. The van der Waals surface area contributed by atoms with Crippen molar-refractivity contribution in [2.24, 2.45) is 0 Å². The molecule has 0 fully saturated rings. The highest BCUT2D eigenvalue weighted by molar-refractivity contribution is 7.99. The third-order valence-corrected chi connectivity index (χ3v) is 2.41. The Morgan fingerprint density at radius 2 is 2.00 bits per heavy atom. The molecule has 0 unspecified atom stereocenters. The van der Waals surface area contributed by atoms with Gasteiger partial charge in [0, 0.05) is 10.6 Å². The first-order valence-electron chi connectivity index (χ1n) is 3.76. The van der Waals surface area contributed by atoms with E-state index in [1.54, 1.807) is 12.1 Å². The Labute approximate surface area is 79.8 Å². The van der Waals surface area contributed by atoms with E-state index < -0.39 is 5.97 Å². The van der Waals surface area contributed by atoms with Gasteiger partial charge in [-0.05, 0) is 24.3 Å². The predicted molar refractivity (Wildman–Crippen MR) is 50.1 cm³/mol. The zero-order valence-corrected chi connectivity index (χ0v) is 7.68. The van der Waals surface area contributed by atoms with E-state index in [-0.39, 0.29) is 12.2 Å². The van der Waals surface area contributed by atoms with Gasteiger partial charge < -0.3 is 5.11 Å². The smallest absolute Gasteiger partial charge is 0.335 e. The topological polar surface area (TPSA) is 37.3 Å². The summed E-state index contributed by atoms with van der Waals surface area (Å²) in [4.78, 5) is 11.4. The van der Waals surface area contributed by atoms with Crippen molar-refractivity contribution in [3.8, 4) is 0 Å². The van der Waals surface area contributed by atoms with Gasteiger partial charge in [-0.15, -0.1) is 11.8 Å². The van der Waals surface area contributed by atoms with Crippen LogP contribution in [0.25, 0.3) is 0 Å². The maximum atomic E-state index is 11.8. The Morgan fingerprint density at radius 1 is 1.38 bits per heavy atom. The maximum absolute atomic E-state index is 11.8. The van der Waals surface area contributed by atoms with Crippen molar-refractivity contribution >= 4 is 17.7 Å². The summed E-state index contributed by atoms with van der Waals surface area (Å²) in [6, 6.07) is 6.40. The van der Waals surface area contributed by atoms with Crippen LogP contribution in [0.15, 0.2) is 29.2 Å². The van der Waals surface area contributed by atoms with Crippen LogP contribution in [-0.2, 0) is 0 Å². The summed E-state index contributed by atoms with van der Waals surface area (Å²) in [5, 5.41) is 8.58. The second-order valence-corrected chi connectivity index (χ2v) is 3.54. The molecule has 4 heteroatoms. The number of carbonyl (C=O) groups is 1. The molecule has 0 amide bonds. The van der Waals surface area contributed by atoms with Crippen molar-refractivity contribution in [1.29, 1.82) is 0 Å². The van der Waals surface area contributed by atoms with Crippen molar-refractivity contribution < 1.29 is 14.3 Å². The highest BCUT2D eigenvalue weighted by Crippen LogP contribution is 2.17. The van der Waals surface area contributed by atoms with Crippen LogP contribution in [0.5, 0.6) is 0 Å². The highest BCUT2D eigenvalue weighted by Gasteiger charge is 2.01. The van der Waals surface area contributed by atoms with Crippen LogP contribution in [-0.4, -0.2) is 23.5 Å². The number of carboxylic acids is 1. The molecule has 0 aliphatic carbocycles. The molecule has 0 aliphatic rings. The summed E-state index contributed by atoms with van der Waals surface area (Å²) in [7, 11) is 0. The molecule has 0 heterocycles. The lowest BCUT2D eigenvalue weighted by Gasteiger charge is -1.98. The van der Waals surface area contributed by atoms with Gasteiger partial charge >= 0.3 is 5.97 Å². The molecule has 0 radical (unpaired) electrons. The van der Waals surface area contributed by atoms with Crippen LogP contribution in [0.3, 0.4) is 0 Å². The zero-order valence-electron chi connectivity index (χ0n) is 6.87. The molecular formula is C9H9FO2S. The molecule has 13 heavy (non-hydrogen) atoms. The second-order valence-electron chi connectivity index (χ2n) is 2.37. The Morgan fingerprint density at radius 3 is 2.46 bits per heavy atom. The van der Waals surface area contributed by atoms with Gasteiger partial charge in [0.2, 0.25) is 0 Å². The molecule has 0 aliphatic heterocycles. The number of alkyl halides is 1. The van der Waals surface area contributed by atoms with Gasteiger partial charge in [0.05, 0.1) is 12.2 Å². The molecule has 0 bridgehead atoms. The molecular weight excluding hydrogens is 191 g/mol. The van der Waals surface area contributed by atoms with Gasteiger partial charge in [-0.1, -0.05) is 0 Å². The van der Waals surface area contributed by atoms with Crippen LogP contribution in [0.4, 0.5) is 4.39 Å². The van der Waals surface area contributed by atoms with E-state index >= 15 is 0 Å². The third kappa shape index (κ3) is 3.06. The van der Waals surface area contributed by atoms with Gasteiger partial charge in [0.15, 0.2) is 0 Å². The molecule has 0 aromatic heterocycles. The number of aromatic carboxylic acids is 1. The maximum Gasteiger partial charge on any atom is 0.335 e. The van der Waals surface area contributed by atoms with Gasteiger partial charge in [0.25, 0.3) is 0 Å². The van der Waals surface area contributed by atoms with E-state index in [1.807, 2.05) is 0 Å². The summed E-state index contributed by atoms with van der Waals surface area (Å²) >= 11 is 1.37. The second kappa shape index (κ2) is 4.87. The number of hydrogen-bond acceptors (Lipinski definition) is 2. The minimum atomic E-state index is -0.943. The fourth-order valence-electron chi connectivity index (χ4n) is 0.850. The van der Waals surface area contributed by atoms with Crippen molar-refractivity contribution in [2.75, 3.05) is 12.4 Å². The average Bonchev–Trinajstić information content (AvgIpc) is 2.15. The Hall–Kier alpha value is -1.03. The van der Waals surface area contributed by atoms with Crippen molar-refractivity contribution in [2.45, 2.75) is 4.90 Å². The van der Waals surface area contributed by atoms with Crippen molar-refractivity contribution in [1.82, 2.24) is 0 Å². The minimum Gasteiger partial charge on any atom is -0.478 e. The average molecular weight is 200 g/mol. The van der Waals surface area contributed by atoms with Gasteiger partial charge in [-0.25, -0.2) is 4.79 Å². The normalized spacial score (nSPS) is 9.92. The molecule has 0 saturated heterocycles. The van der Waals surface area contributed by atoms with E-state index in [0.717, 1.165) is 4.90 Å². The molecule has 0 atom stereocenters. The number of benzene rings is 1. The van der Waals surface area contributed by atoms with Gasteiger partial charge in [-0.3, -0.25) is 4.39 Å². The number of rotatable bonds is 4. The summed E-state index contributed by atoms with van der Waals surface area (Å²) < 4.78 is 11.8. The molecule has 70 valence electrons. The van der Waals surface area contributed by atoms with Crippen molar-refractivity contribution in [3.63, 3.8) is 0 Å². The van der Waals surface area contributed by atoms with E-state index in [0.29, 0.717) is 5.75 Å². The van der Waals surface area contributed by atoms with E-state index in [2.05, 4.69) is 0 Å². The van der Waals surface area contributed by atoms with E-state index in [9.17, 15) is 9.18 Å². The molecule has 1 rings (SSSR count). The summed E-state index contributed by atoms with van der Waals surface area (Å²) in [5.41, 5.74) is 0.254. The monoisotopic (exact) mass is 200 g/mol.